The van der Waals surface area contributed by atoms with E-state index in [0.717, 1.165) is 5.75 Å². The summed E-state index contributed by atoms with van der Waals surface area (Å²) in [6.07, 6.45) is 2.45. The van der Waals surface area contributed by atoms with E-state index in [4.69, 9.17) is 10.5 Å². The molecule has 2 fully saturated rings. The van der Waals surface area contributed by atoms with Gasteiger partial charge in [0.2, 0.25) is 0 Å². The van der Waals surface area contributed by atoms with Crippen molar-refractivity contribution >= 4 is 5.91 Å². The van der Waals surface area contributed by atoms with Gasteiger partial charge in [-0.15, -0.1) is 0 Å². The minimum Gasteiger partial charge on any atom is -0.497 e. The molecule has 0 aromatic heterocycles. The monoisotopic (exact) mass is 246 g/mol. The Morgan fingerprint density at radius 3 is 2.44 bits per heavy atom. The maximum absolute atomic E-state index is 12.2. The lowest BCUT2D eigenvalue weighted by Gasteiger charge is -2.48. The highest BCUT2D eigenvalue weighted by molar-refractivity contribution is 5.95. The van der Waals surface area contributed by atoms with Crippen molar-refractivity contribution in [3.63, 3.8) is 0 Å². The van der Waals surface area contributed by atoms with E-state index in [-0.39, 0.29) is 11.4 Å². The van der Waals surface area contributed by atoms with Crippen LogP contribution in [0.4, 0.5) is 0 Å². The first kappa shape index (κ1) is 11.5. The van der Waals surface area contributed by atoms with Crippen molar-refractivity contribution in [3.8, 4) is 5.75 Å². The first-order valence-electron chi connectivity index (χ1n) is 6.34. The van der Waals surface area contributed by atoms with E-state index in [9.17, 15) is 4.79 Å². The second-order valence-corrected chi connectivity index (χ2v) is 5.40. The molecule has 1 aliphatic heterocycles. The Bertz CT molecular complexity index is 459. The van der Waals surface area contributed by atoms with Gasteiger partial charge in [-0.1, -0.05) is 0 Å². The Morgan fingerprint density at radius 2 is 1.94 bits per heavy atom. The fourth-order valence-corrected chi connectivity index (χ4v) is 2.64. The molecule has 18 heavy (non-hydrogen) atoms. The van der Waals surface area contributed by atoms with Crippen molar-refractivity contribution in [1.82, 2.24) is 4.90 Å². The number of carbonyl (C=O) groups is 1. The van der Waals surface area contributed by atoms with Gasteiger partial charge >= 0.3 is 0 Å². The molecule has 1 amide bonds. The van der Waals surface area contributed by atoms with Crippen LogP contribution >= 0.6 is 0 Å². The van der Waals surface area contributed by atoms with E-state index in [1.54, 1.807) is 19.2 Å². The third kappa shape index (κ3) is 1.86. The van der Waals surface area contributed by atoms with E-state index >= 15 is 0 Å². The molecule has 0 unspecified atom stereocenters. The van der Waals surface area contributed by atoms with Crippen LogP contribution in [0.2, 0.25) is 0 Å². The fraction of sp³-hybridized carbons (Fsp3) is 0.500. The molecule has 1 saturated heterocycles. The average molecular weight is 246 g/mol. The molecule has 0 radical (unpaired) electrons. The molecule has 96 valence electrons. The van der Waals surface area contributed by atoms with Gasteiger partial charge < -0.3 is 15.4 Å². The second-order valence-electron chi connectivity index (χ2n) is 5.40. The topological polar surface area (TPSA) is 55.6 Å². The highest BCUT2D eigenvalue weighted by atomic mass is 16.5. The summed E-state index contributed by atoms with van der Waals surface area (Å²) in [5.74, 6) is 1.47. The molecule has 1 aromatic carbocycles. The maximum atomic E-state index is 12.2. The highest BCUT2D eigenvalue weighted by Crippen LogP contribution is 2.43. The predicted octanol–water partition coefficient (Wildman–Crippen LogP) is 1.26. The minimum atomic E-state index is -0.109. The number of methoxy groups -OCH3 is 1. The lowest BCUT2D eigenvalue weighted by atomic mass is 9.85. The summed E-state index contributed by atoms with van der Waals surface area (Å²) in [7, 11) is 1.62. The van der Waals surface area contributed by atoms with Crippen molar-refractivity contribution in [2.45, 2.75) is 18.4 Å². The molecule has 4 nitrogen and oxygen atoms in total. The molecular formula is C14H18N2O2. The van der Waals surface area contributed by atoms with E-state index in [0.29, 0.717) is 24.6 Å². The van der Waals surface area contributed by atoms with Crippen LogP contribution in [0.25, 0.3) is 0 Å². The van der Waals surface area contributed by atoms with Gasteiger partial charge in [0.15, 0.2) is 0 Å². The Kier molecular flexibility index (Phi) is 2.55. The molecule has 3 rings (SSSR count). The summed E-state index contributed by atoms with van der Waals surface area (Å²) < 4.78 is 5.08. The molecule has 1 aliphatic carbocycles. The van der Waals surface area contributed by atoms with Crippen LogP contribution < -0.4 is 10.5 Å². The summed E-state index contributed by atoms with van der Waals surface area (Å²) in [4.78, 5) is 14.0. The third-order valence-corrected chi connectivity index (χ3v) is 3.99. The van der Waals surface area contributed by atoms with Gasteiger partial charge in [0.05, 0.1) is 12.6 Å². The number of hydrogen-bond donors (Lipinski definition) is 1. The number of likely N-dealkylation sites (tertiary alicyclic amines) is 1. The van der Waals surface area contributed by atoms with Gasteiger partial charge in [0.1, 0.15) is 5.75 Å². The van der Waals surface area contributed by atoms with Crippen LogP contribution in [0.5, 0.6) is 5.75 Å². The van der Waals surface area contributed by atoms with Crippen molar-refractivity contribution in [2.24, 2.45) is 11.7 Å². The summed E-state index contributed by atoms with van der Waals surface area (Å²) in [5.41, 5.74) is 6.84. The number of rotatable bonds is 3. The molecule has 4 heteroatoms. The van der Waals surface area contributed by atoms with Gasteiger partial charge in [-0.3, -0.25) is 4.79 Å². The van der Waals surface area contributed by atoms with Crippen LogP contribution in [-0.4, -0.2) is 36.5 Å². The van der Waals surface area contributed by atoms with Crippen molar-refractivity contribution < 1.29 is 9.53 Å². The van der Waals surface area contributed by atoms with Gasteiger partial charge in [-0.05, 0) is 43.0 Å². The lowest BCUT2D eigenvalue weighted by Crippen LogP contribution is -2.69. The Balaban J connectivity index is 1.64. The highest BCUT2D eigenvalue weighted by Gasteiger charge is 2.51. The molecule has 0 spiro atoms. The van der Waals surface area contributed by atoms with Crippen LogP contribution in [0.15, 0.2) is 24.3 Å². The number of carbonyl (C=O) groups excluding carboxylic acids is 1. The number of amides is 1. The molecule has 1 heterocycles. The largest absolute Gasteiger partial charge is 0.497 e. The van der Waals surface area contributed by atoms with Crippen LogP contribution in [-0.2, 0) is 0 Å². The minimum absolute atomic E-state index is 0.0689. The smallest absolute Gasteiger partial charge is 0.253 e. The summed E-state index contributed by atoms with van der Waals surface area (Å²) in [5, 5.41) is 0. The van der Waals surface area contributed by atoms with Crippen LogP contribution in [0.3, 0.4) is 0 Å². The Hall–Kier alpha value is -1.55. The molecule has 0 bridgehead atoms. The molecule has 0 atom stereocenters. The molecule has 2 N–H and O–H groups in total. The zero-order valence-electron chi connectivity index (χ0n) is 10.6. The number of nitrogens with two attached hydrogens (primary N) is 1. The molecule has 1 saturated carbocycles. The van der Waals surface area contributed by atoms with E-state index in [2.05, 4.69) is 0 Å². The second kappa shape index (κ2) is 3.99. The number of hydrogen-bond acceptors (Lipinski definition) is 3. The van der Waals surface area contributed by atoms with E-state index in [1.807, 2.05) is 17.0 Å². The summed E-state index contributed by atoms with van der Waals surface area (Å²) in [6.45, 7) is 1.39. The van der Waals surface area contributed by atoms with Gasteiger partial charge in [0, 0.05) is 18.7 Å². The summed E-state index contributed by atoms with van der Waals surface area (Å²) in [6, 6.07) is 7.22. The zero-order valence-corrected chi connectivity index (χ0v) is 10.6. The normalized spacial score (nSPS) is 21.3. The molecular weight excluding hydrogens is 228 g/mol. The van der Waals surface area contributed by atoms with Crippen LogP contribution in [0.1, 0.15) is 23.2 Å². The van der Waals surface area contributed by atoms with Crippen molar-refractivity contribution in [3.05, 3.63) is 29.8 Å². The average Bonchev–Trinajstić information content (AvgIpc) is 3.19. The quantitative estimate of drug-likeness (QED) is 0.873. The SMILES string of the molecule is COc1ccc(C(=O)N2CC(N)(C3CC3)C2)cc1. The Morgan fingerprint density at radius 1 is 1.33 bits per heavy atom. The number of benzene rings is 1. The van der Waals surface area contributed by atoms with Crippen LogP contribution in [0, 0.1) is 5.92 Å². The number of ether oxygens (including phenoxy) is 1. The van der Waals surface area contributed by atoms with E-state index < -0.39 is 0 Å². The molecule has 2 aliphatic rings. The lowest BCUT2D eigenvalue weighted by molar-refractivity contribution is 0.0350. The molecule has 1 aromatic rings. The van der Waals surface area contributed by atoms with Crippen molar-refractivity contribution in [2.75, 3.05) is 20.2 Å². The first-order chi connectivity index (χ1) is 8.62. The predicted molar refractivity (Wildman–Crippen MR) is 68.5 cm³/mol. The number of nitrogens with zero attached hydrogens (tertiary/aromatic N) is 1. The maximum Gasteiger partial charge on any atom is 0.253 e. The van der Waals surface area contributed by atoms with Gasteiger partial charge in [0.25, 0.3) is 5.91 Å². The first-order valence-corrected chi connectivity index (χ1v) is 6.34. The Labute approximate surface area is 107 Å². The van der Waals surface area contributed by atoms with Gasteiger partial charge in [-0.25, -0.2) is 0 Å². The third-order valence-electron chi connectivity index (χ3n) is 3.99. The fourth-order valence-electron chi connectivity index (χ4n) is 2.64. The van der Waals surface area contributed by atoms with Gasteiger partial charge in [-0.2, -0.15) is 0 Å². The van der Waals surface area contributed by atoms with E-state index in [1.165, 1.54) is 12.8 Å². The van der Waals surface area contributed by atoms with Crippen molar-refractivity contribution in [1.29, 1.82) is 0 Å². The summed E-state index contributed by atoms with van der Waals surface area (Å²) >= 11 is 0. The zero-order chi connectivity index (χ0) is 12.8. The standard InChI is InChI=1S/C14H18N2O2/c1-18-12-6-2-10(3-7-12)13(17)16-8-14(15,9-16)11-4-5-11/h2-3,6-7,11H,4-5,8-9,15H2,1H3.